The first-order valence-electron chi connectivity index (χ1n) is 9.62. The molecule has 1 aliphatic heterocycles. The molecular weight excluding hydrogens is 414 g/mol. The number of piperidine rings is 1. The number of aromatic hydroxyl groups is 2. The van der Waals surface area contributed by atoms with Gasteiger partial charge in [-0.15, -0.1) is 0 Å². The van der Waals surface area contributed by atoms with Crippen LogP contribution in [0.15, 0.2) is 47.5 Å². The molecule has 10 heteroatoms. The number of nitrogens with one attached hydrogen (secondary N) is 2. The van der Waals surface area contributed by atoms with Crippen molar-refractivity contribution < 1.29 is 24.6 Å². The largest absolute Gasteiger partial charge is 0.494 e. The average Bonchev–Trinajstić information content (AvgIpc) is 3.03. The second-order valence-corrected chi connectivity index (χ2v) is 7.13. The van der Waals surface area contributed by atoms with E-state index in [0.29, 0.717) is 16.8 Å². The first kappa shape index (κ1) is 20.6. The van der Waals surface area contributed by atoms with E-state index in [4.69, 9.17) is 5.26 Å². The fourth-order valence-electron chi connectivity index (χ4n) is 3.64. The van der Waals surface area contributed by atoms with Crippen molar-refractivity contribution in [3.05, 3.63) is 53.6 Å². The van der Waals surface area contributed by atoms with Crippen LogP contribution in [0, 0.1) is 11.3 Å². The number of carbonyl (C=O) groups excluding carboxylic acids is 3. The highest BCUT2D eigenvalue weighted by molar-refractivity contribution is 6.09. The molecular formula is C22H17N5O5. The second-order valence-electron chi connectivity index (χ2n) is 7.13. The fourth-order valence-corrected chi connectivity index (χ4v) is 3.64. The Balaban J connectivity index is 1.65. The van der Waals surface area contributed by atoms with Crippen LogP contribution in [0.4, 0.5) is 10.5 Å². The van der Waals surface area contributed by atoms with E-state index in [1.54, 1.807) is 36.4 Å². The Morgan fingerprint density at radius 3 is 2.75 bits per heavy atom. The third-order valence-electron chi connectivity index (χ3n) is 5.10. The number of rotatable bonds is 3. The Morgan fingerprint density at radius 2 is 2.00 bits per heavy atom. The van der Waals surface area contributed by atoms with Crippen LogP contribution in [0.25, 0.3) is 10.8 Å². The van der Waals surface area contributed by atoms with Gasteiger partial charge in [0, 0.05) is 29.3 Å². The van der Waals surface area contributed by atoms with Crippen molar-refractivity contribution in [2.24, 2.45) is 4.99 Å². The molecule has 0 spiro atoms. The number of urea groups is 1. The third-order valence-corrected chi connectivity index (χ3v) is 5.10. The summed E-state index contributed by atoms with van der Waals surface area (Å²) < 4.78 is 1.07. The summed E-state index contributed by atoms with van der Waals surface area (Å²) in [6, 6.07) is 11.4. The van der Waals surface area contributed by atoms with Crippen LogP contribution in [0.5, 0.6) is 11.8 Å². The van der Waals surface area contributed by atoms with Crippen LogP contribution in [0.2, 0.25) is 0 Å². The summed E-state index contributed by atoms with van der Waals surface area (Å²) in [5.41, 5.74) is 1.11. The lowest BCUT2D eigenvalue weighted by Crippen LogP contribution is -2.41. The molecule has 1 aliphatic rings. The van der Waals surface area contributed by atoms with Gasteiger partial charge in [-0.3, -0.25) is 19.5 Å². The summed E-state index contributed by atoms with van der Waals surface area (Å²) in [5.74, 6) is -1.75. The molecule has 32 heavy (non-hydrogen) atoms. The maximum absolute atomic E-state index is 12.2. The zero-order valence-electron chi connectivity index (χ0n) is 16.6. The number of hydrogen-bond acceptors (Lipinski definition) is 6. The van der Waals surface area contributed by atoms with E-state index in [2.05, 4.69) is 15.6 Å². The number of amides is 4. The molecule has 0 bridgehead atoms. The van der Waals surface area contributed by atoms with Crippen LogP contribution >= 0.6 is 0 Å². The second kappa shape index (κ2) is 8.23. The molecule has 4 N–H and O–H groups in total. The standard InChI is InChI=1S/C22H17N5O5/c23-10-12-3-1-5-14(9-12)25-22(32)24-11-13-4-2-6-15-18(13)21(31)27(20(15)30)16-7-8-17(28)26-19(16)29/h1-6,9,11,16,30-31H,7-8H2,(H,25,32)(H,26,28,29). The predicted octanol–water partition coefficient (Wildman–Crippen LogP) is 2.55. The fraction of sp³-hybridized carbons (Fsp3) is 0.136. The Morgan fingerprint density at radius 1 is 1.22 bits per heavy atom. The minimum atomic E-state index is -0.958. The topological polar surface area (TPSA) is 157 Å². The maximum Gasteiger partial charge on any atom is 0.345 e. The monoisotopic (exact) mass is 431 g/mol. The highest BCUT2D eigenvalue weighted by Gasteiger charge is 2.33. The Kier molecular flexibility index (Phi) is 5.30. The van der Waals surface area contributed by atoms with Gasteiger partial charge in [0.15, 0.2) is 0 Å². The molecule has 1 atom stereocenters. The van der Waals surface area contributed by atoms with Gasteiger partial charge in [-0.2, -0.15) is 5.26 Å². The first-order chi connectivity index (χ1) is 15.4. The van der Waals surface area contributed by atoms with E-state index in [1.807, 2.05) is 6.07 Å². The van der Waals surface area contributed by atoms with E-state index in [-0.39, 0.29) is 35.4 Å². The lowest BCUT2D eigenvalue weighted by molar-refractivity contribution is -0.135. The van der Waals surface area contributed by atoms with E-state index in [9.17, 15) is 24.6 Å². The molecule has 0 saturated carbocycles. The minimum absolute atomic E-state index is 0.0747. The Labute approximate surface area is 181 Å². The maximum atomic E-state index is 12.2. The molecule has 10 nitrogen and oxygen atoms in total. The molecule has 1 unspecified atom stereocenters. The van der Waals surface area contributed by atoms with Crippen molar-refractivity contribution in [3.8, 4) is 17.8 Å². The molecule has 2 aromatic carbocycles. The van der Waals surface area contributed by atoms with E-state index in [1.165, 1.54) is 12.3 Å². The number of benzene rings is 2. The van der Waals surface area contributed by atoms with Crippen LogP contribution in [0.1, 0.15) is 30.0 Å². The smallest absolute Gasteiger partial charge is 0.345 e. The predicted molar refractivity (Wildman–Crippen MR) is 114 cm³/mol. The molecule has 1 saturated heterocycles. The quantitative estimate of drug-likeness (QED) is 0.369. The molecule has 2 heterocycles. The number of aliphatic imine (C=N–C) groups is 1. The number of imide groups is 1. The van der Waals surface area contributed by atoms with Gasteiger partial charge in [0.2, 0.25) is 23.6 Å². The van der Waals surface area contributed by atoms with Crippen molar-refractivity contribution in [2.75, 3.05) is 5.32 Å². The SMILES string of the molecule is N#Cc1cccc(NC(=O)N=Cc2cccc3c(O)n(C4CCC(=O)NC4=O)c(O)c23)c1. The van der Waals surface area contributed by atoms with Crippen molar-refractivity contribution in [2.45, 2.75) is 18.9 Å². The molecule has 3 aromatic rings. The normalized spacial score (nSPS) is 16.2. The summed E-state index contributed by atoms with van der Waals surface area (Å²) in [6.45, 7) is 0. The molecule has 0 radical (unpaired) electrons. The van der Waals surface area contributed by atoms with Crippen molar-refractivity contribution in [3.63, 3.8) is 0 Å². The summed E-state index contributed by atoms with van der Waals surface area (Å²) in [6.07, 6.45) is 1.42. The number of fused-ring (bicyclic) bond motifs is 1. The Hall–Kier alpha value is -4.65. The number of aromatic nitrogens is 1. The van der Waals surface area contributed by atoms with Crippen LogP contribution in [-0.4, -0.2) is 38.8 Å². The highest BCUT2D eigenvalue weighted by Crippen LogP contribution is 2.41. The van der Waals surface area contributed by atoms with E-state index in [0.717, 1.165) is 4.57 Å². The lowest BCUT2D eigenvalue weighted by Gasteiger charge is -2.23. The van der Waals surface area contributed by atoms with Gasteiger partial charge in [0.05, 0.1) is 17.0 Å². The Bertz CT molecular complexity index is 1330. The lowest BCUT2D eigenvalue weighted by atomic mass is 10.1. The van der Waals surface area contributed by atoms with E-state index >= 15 is 0 Å². The van der Waals surface area contributed by atoms with Crippen LogP contribution in [-0.2, 0) is 9.59 Å². The highest BCUT2D eigenvalue weighted by atomic mass is 16.3. The van der Waals surface area contributed by atoms with Crippen LogP contribution < -0.4 is 10.6 Å². The first-order valence-corrected chi connectivity index (χ1v) is 9.62. The van der Waals surface area contributed by atoms with Gasteiger partial charge in [-0.1, -0.05) is 18.2 Å². The average molecular weight is 431 g/mol. The zero-order valence-corrected chi connectivity index (χ0v) is 16.6. The third kappa shape index (κ3) is 3.75. The number of nitrogens with zero attached hydrogens (tertiary/aromatic N) is 3. The van der Waals surface area contributed by atoms with Crippen molar-refractivity contribution in [1.82, 2.24) is 9.88 Å². The molecule has 4 amide bonds. The number of hydrogen-bond donors (Lipinski definition) is 4. The van der Waals surface area contributed by atoms with Gasteiger partial charge in [-0.25, -0.2) is 9.79 Å². The van der Waals surface area contributed by atoms with Gasteiger partial charge >= 0.3 is 6.03 Å². The van der Waals surface area contributed by atoms with Crippen molar-refractivity contribution >= 4 is 40.5 Å². The summed E-state index contributed by atoms with van der Waals surface area (Å²) in [7, 11) is 0. The zero-order chi connectivity index (χ0) is 22.8. The molecule has 1 fully saturated rings. The van der Waals surface area contributed by atoms with Crippen LogP contribution in [0.3, 0.4) is 0 Å². The summed E-state index contributed by atoms with van der Waals surface area (Å²) in [5, 5.41) is 35.6. The van der Waals surface area contributed by atoms with Gasteiger partial charge in [0.25, 0.3) is 0 Å². The summed E-state index contributed by atoms with van der Waals surface area (Å²) in [4.78, 5) is 39.7. The number of nitriles is 1. The summed E-state index contributed by atoms with van der Waals surface area (Å²) >= 11 is 0. The minimum Gasteiger partial charge on any atom is -0.494 e. The molecule has 0 aliphatic carbocycles. The van der Waals surface area contributed by atoms with Gasteiger partial charge < -0.3 is 15.5 Å². The molecule has 160 valence electrons. The van der Waals surface area contributed by atoms with E-state index < -0.39 is 23.9 Å². The van der Waals surface area contributed by atoms with Gasteiger partial charge in [0.1, 0.15) is 6.04 Å². The number of anilines is 1. The molecule has 4 rings (SSSR count). The number of carbonyl (C=O) groups is 3. The van der Waals surface area contributed by atoms with Crippen molar-refractivity contribution in [1.29, 1.82) is 5.26 Å². The molecule has 1 aromatic heterocycles. The van der Waals surface area contributed by atoms with Gasteiger partial charge in [-0.05, 0) is 30.7 Å².